The van der Waals surface area contributed by atoms with Crippen LogP contribution in [0.4, 0.5) is 0 Å². The smallest absolute Gasteiger partial charge is 0.0783 e. The Bertz CT molecular complexity index is 1970. The second-order valence-corrected chi connectivity index (χ2v) is 10.6. The first-order valence-electron chi connectivity index (χ1n) is 14.4. The van der Waals surface area contributed by atoms with Crippen molar-refractivity contribution in [2.45, 2.75) is 46.0 Å². The van der Waals surface area contributed by atoms with Crippen molar-refractivity contribution in [1.29, 1.82) is 0 Å². The summed E-state index contributed by atoms with van der Waals surface area (Å²) in [5.41, 5.74) is 11.7. The van der Waals surface area contributed by atoms with Crippen molar-refractivity contribution in [3.8, 4) is 16.8 Å². The SMILES string of the molecule is CC.Cc1c(-c2ccccc2C2CCC2)ccc2[nH]c3c(ccc4c5ccccc5n(-c5ccccc5)c43)c12. The minimum absolute atomic E-state index is 0.704. The quantitative estimate of drug-likeness (QED) is 0.246. The molecule has 5 aromatic carbocycles. The third-order valence-electron chi connectivity index (χ3n) is 8.64. The van der Waals surface area contributed by atoms with E-state index in [1.807, 2.05) is 13.8 Å². The molecular formula is C37H34N2. The molecule has 1 N–H and O–H groups in total. The second kappa shape index (κ2) is 9.47. The van der Waals surface area contributed by atoms with E-state index in [0.717, 1.165) is 0 Å². The molecule has 0 aliphatic heterocycles. The third-order valence-corrected chi connectivity index (χ3v) is 8.64. The molecule has 0 radical (unpaired) electrons. The predicted octanol–water partition coefficient (Wildman–Crippen LogP) is 10.7. The van der Waals surface area contributed by atoms with Crippen LogP contribution in [0.5, 0.6) is 0 Å². The fourth-order valence-electron chi connectivity index (χ4n) is 6.64. The Hall–Kier alpha value is -4.30. The average molecular weight is 507 g/mol. The largest absolute Gasteiger partial charge is 0.353 e. The highest BCUT2D eigenvalue weighted by atomic mass is 15.0. The van der Waals surface area contributed by atoms with Gasteiger partial charge in [0.1, 0.15) is 0 Å². The molecule has 1 aliphatic carbocycles. The molecule has 2 heterocycles. The minimum Gasteiger partial charge on any atom is -0.353 e. The van der Waals surface area contributed by atoms with E-state index < -0.39 is 0 Å². The Labute approximate surface area is 229 Å². The van der Waals surface area contributed by atoms with E-state index in [1.165, 1.54) is 90.8 Å². The molecule has 2 aromatic heterocycles. The number of fused-ring (bicyclic) bond motifs is 7. The van der Waals surface area contributed by atoms with E-state index >= 15 is 0 Å². The van der Waals surface area contributed by atoms with Crippen molar-refractivity contribution < 1.29 is 0 Å². The van der Waals surface area contributed by atoms with Crippen LogP contribution in [0.3, 0.4) is 0 Å². The monoisotopic (exact) mass is 506 g/mol. The summed E-state index contributed by atoms with van der Waals surface area (Å²) in [7, 11) is 0. The maximum absolute atomic E-state index is 3.85. The number of para-hydroxylation sites is 2. The average Bonchev–Trinajstić information content (AvgIpc) is 3.51. The molecular weight excluding hydrogens is 472 g/mol. The number of rotatable bonds is 3. The first-order chi connectivity index (χ1) is 19.3. The maximum Gasteiger partial charge on any atom is 0.0783 e. The number of aryl methyl sites for hydroxylation is 1. The zero-order chi connectivity index (χ0) is 26.5. The summed E-state index contributed by atoms with van der Waals surface area (Å²) in [5, 5.41) is 5.20. The van der Waals surface area contributed by atoms with E-state index in [0.29, 0.717) is 5.92 Å². The van der Waals surface area contributed by atoms with Crippen LogP contribution in [0.2, 0.25) is 0 Å². The van der Waals surface area contributed by atoms with Gasteiger partial charge in [-0.2, -0.15) is 0 Å². The third kappa shape index (κ3) is 3.55. The van der Waals surface area contributed by atoms with Crippen LogP contribution in [-0.2, 0) is 0 Å². The van der Waals surface area contributed by atoms with Gasteiger partial charge in [-0.25, -0.2) is 0 Å². The summed E-state index contributed by atoms with van der Waals surface area (Å²) in [5.74, 6) is 0.704. The summed E-state index contributed by atoms with van der Waals surface area (Å²) in [6.07, 6.45) is 3.98. The molecule has 192 valence electrons. The second-order valence-electron chi connectivity index (χ2n) is 10.6. The van der Waals surface area contributed by atoms with Gasteiger partial charge in [0, 0.05) is 32.7 Å². The summed E-state index contributed by atoms with van der Waals surface area (Å²) in [6.45, 7) is 6.31. The molecule has 0 amide bonds. The number of benzene rings is 5. The van der Waals surface area contributed by atoms with Crippen molar-refractivity contribution in [3.05, 3.63) is 114 Å². The van der Waals surface area contributed by atoms with E-state index in [2.05, 4.69) is 120 Å². The van der Waals surface area contributed by atoms with Gasteiger partial charge in [-0.1, -0.05) is 99.1 Å². The topological polar surface area (TPSA) is 20.7 Å². The van der Waals surface area contributed by atoms with Gasteiger partial charge in [0.15, 0.2) is 0 Å². The Morgan fingerprint density at radius 1 is 0.667 bits per heavy atom. The standard InChI is InChI=1S/C35H28N2.C2H6/c1-22-25(27-15-6-5-14-26(27)23-10-9-11-23)20-21-31-33(22)30-19-18-29-28-16-7-8-17-32(28)37(35(29)34(30)36-31)24-12-3-2-4-13-24;1-2/h2-8,12-21,23,36H,9-11H2,1H3;1-2H3. The van der Waals surface area contributed by atoms with Gasteiger partial charge < -0.3 is 9.55 Å². The van der Waals surface area contributed by atoms with Crippen LogP contribution in [-0.4, -0.2) is 9.55 Å². The molecule has 39 heavy (non-hydrogen) atoms. The van der Waals surface area contributed by atoms with Crippen molar-refractivity contribution in [3.63, 3.8) is 0 Å². The van der Waals surface area contributed by atoms with Crippen LogP contribution in [0.15, 0.2) is 103 Å². The number of hydrogen-bond donors (Lipinski definition) is 1. The number of nitrogens with zero attached hydrogens (tertiary/aromatic N) is 1. The number of nitrogens with one attached hydrogen (secondary N) is 1. The van der Waals surface area contributed by atoms with Crippen LogP contribution in [0.25, 0.3) is 60.4 Å². The number of H-pyrrole nitrogens is 1. The molecule has 0 unspecified atom stereocenters. The molecule has 0 spiro atoms. The molecule has 2 heteroatoms. The lowest BCUT2D eigenvalue weighted by atomic mass is 9.76. The fraction of sp³-hybridized carbons (Fsp3) is 0.189. The molecule has 0 bridgehead atoms. The Balaban J connectivity index is 0.00000124. The highest BCUT2D eigenvalue weighted by Crippen LogP contribution is 2.44. The molecule has 1 saturated carbocycles. The Morgan fingerprint density at radius 3 is 2.18 bits per heavy atom. The molecule has 7 aromatic rings. The van der Waals surface area contributed by atoms with Gasteiger partial charge in [-0.15, -0.1) is 0 Å². The summed E-state index contributed by atoms with van der Waals surface area (Å²) in [6, 6.07) is 37.8. The van der Waals surface area contributed by atoms with Gasteiger partial charge in [-0.3, -0.25) is 0 Å². The van der Waals surface area contributed by atoms with E-state index in [-0.39, 0.29) is 0 Å². The van der Waals surface area contributed by atoms with Gasteiger partial charge in [0.05, 0.1) is 16.6 Å². The lowest BCUT2D eigenvalue weighted by Crippen LogP contribution is -2.10. The first kappa shape index (κ1) is 23.8. The summed E-state index contributed by atoms with van der Waals surface area (Å²) >= 11 is 0. The van der Waals surface area contributed by atoms with Gasteiger partial charge in [0.25, 0.3) is 0 Å². The van der Waals surface area contributed by atoms with E-state index in [1.54, 1.807) is 0 Å². The Kier molecular flexibility index (Phi) is 5.77. The lowest BCUT2D eigenvalue weighted by molar-refractivity contribution is 0.420. The molecule has 0 atom stereocenters. The van der Waals surface area contributed by atoms with Crippen molar-refractivity contribution in [2.75, 3.05) is 0 Å². The molecule has 1 aliphatic rings. The van der Waals surface area contributed by atoms with Crippen LogP contribution in [0, 0.1) is 6.92 Å². The zero-order valence-corrected chi connectivity index (χ0v) is 23.0. The minimum atomic E-state index is 0.704. The van der Waals surface area contributed by atoms with Crippen molar-refractivity contribution in [2.24, 2.45) is 0 Å². The van der Waals surface area contributed by atoms with Crippen LogP contribution in [0.1, 0.15) is 50.2 Å². The van der Waals surface area contributed by atoms with Gasteiger partial charge >= 0.3 is 0 Å². The maximum atomic E-state index is 3.85. The van der Waals surface area contributed by atoms with Crippen LogP contribution >= 0.6 is 0 Å². The fourth-order valence-corrected chi connectivity index (χ4v) is 6.64. The lowest BCUT2D eigenvalue weighted by Gasteiger charge is -2.28. The highest BCUT2D eigenvalue weighted by Gasteiger charge is 2.24. The number of hydrogen-bond acceptors (Lipinski definition) is 0. The molecule has 8 rings (SSSR count). The first-order valence-corrected chi connectivity index (χ1v) is 14.4. The molecule has 0 saturated heterocycles. The predicted molar refractivity (Wildman–Crippen MR) is 168 cm³/mol. The van der Waals surface area contributed by atoms with Gasteiger partial charge in [0.2, 0.25) is 0 Å². The molecule has 1 fully saturated rings. The van der Waals surface area contributed by atoms with Gasteiger partial charge in [-0.05, 0) is 72.2 Å². The van der Waals surface area contributed by atoms with E-state index in [4.69, 9.17) is 0 Å². The normalized spacial score (nSPS) is 13.6. The molecule has 2 nitrogen and oxygen atoms in total. The Morgan fingerprint density at radius 2 is 1.38 bits per heavy atom. The highest BCUT2D eigenvalue weighted by molar-refractivity contribution is 6.23. The van der Waals surface area contributed by atoms with Crippen molar-refractivity contribution >= 4 is 43.6 Å². The van der Waals surface area contributed by atoms with Crippen LogP contribution < -0.4 is 0 Å². The number of aromatic nitrogens is 2. The summed E-state index contributed by atoms with van der Waals surface area (Å²) in [4.78, 5) is 3.85. The zero-order valence-electron chi connectivity index (χ0n) is 23.0. The number of aromatic amines is 1. The van der Waals surface area contributed by atoms with Crippen molar-refractivity contribution in [1.82, 2.24) is 9.55 Å². The van der Waals surface area contributed by atoms with E-state index in [9.17, 15) is 0 Å². The summed E-state index contributed by atoms with van der Waals surface area (Å²) < 4.78 is 2.42.